The number of nitrogens with one attached hydrogen (secondary N) is 1. The summed E-state index contributed by atoms with van der Waals surface area (Å²) in [5.74, 6) is 0.706. The highest BCUT2D eigenvalue weighted by molar-refractivity contribution is 5.81. The Morgan fingerprint density at radius 3 is 2.76 bits per heavy atom. The lowest BCUT2D eigenvalue weighted by molar-refractivity contribution is -0.138. The van der Waals surface area contributed by atoms with Crippen LogP contribution in [0.3, 0.4) is 0 Å². The Bertz CT molecular complexity index is 690. The molecule has 1 N–H and O–H groups in total. The monoisotopic (exact) mass is 340 g/mol. The number of likely N-dealkylation sites (N-methyl/N-ethyl adjacent to an activating group) is 1. The Morgan fingerprint density at radius 1 is 1.20 bits per heavy atom. The first-order valence-corrected chi connectivity index (χ1v) is 8.55. The molecule has 1 atom stereocenters. The largest absolute Gasteiger partial charge is 0.489 e. The molecule has 0 aliphatic carbocycles. The second kappa shape index (κ2) is 8.65. The fraction of sp³-hybridized carbons (Fsp3) is 0.350. The van der Waals surface area contributed by atoms with Gasteiger partial charge in [-0.25, -0.2) is 0 Å². The smallest absolute Gasteiger partial charge is 0.250 e. The summed E-state index contributed by atoms with van der Waals surface area (Å²) in [6.07, 6.45) is -0.406. The van der Waals surface area contributed by atoms with E-state index in [2.05, 4.69) is 10.2 Å². The molecule has 1 heterocycles. The number of rotatable bonds is 6. The molecule has 0 aromatic heterocycles. The van der Waals surface area contributed by atoms with Gasteiger partial charge in [0, 0.05) is 25.2 Å². The van der Waals surface area contributed by atoms with E-state index >= 15 is 0 Å². The molecule has 25 heavy (non-hydrogen) atoms. The lowest BCUT2D eigenvalue weighted by Gasteiger charge is -2.29. The van der Waals surface area contributed by atoms with Gasteiger partial charge in [-0.15, -0.1) is 0 Å². The molecule has 1 amide bonds. The van der Waals surface area contributed by atoms with E-state index in [4.69, 9.17) is 9.47 Å². The first-order chi connectivity index (χ1) is 12.2. The molecule has 5 nitrogen and oxygen atoms in total. The highest BCUT2D eigenvalue weighted by atomic mass is 16.5. The van der Waals surface area contributed by atoms with Crippen LogP contribution in [0.5, 0.6) is 5.75 Å². The summed E-state index contributed by atoms with van der Waals surface area (Å²) in [5, 5.41) is 2.96. The third kappa shape index (κ3) is 5.05. The van der Waals surface area contributed by atoms with Crippen LogP contribution in [0, 0.1) is 0 Å². The second-order valence-corrected chi connectivity index (χ2v) is 6.22. The van der Waals surface area contributed by atoms with Gasteiger partial charge >= 0.3 is 0 Å². The quantitative estimate of drug-likeness (QED) is 0.876. The molecule has 3 rings (SSSR count). The van der Waals surface area contributed by atoms with E-state index in [9.17, 15) is 4.79 Å². The van der Waals surface area contributed by atoms with E-state index in [0.29, 0.717) is 26.3 Å². The molecule has 2 aromatic carbocycles. The van der Waals surface area contributed by atoms with E-state index in [1.54, 1.807) is 0 Å². The summed E-state index contributed by atoms with van der Waals surface area (Å²) < 4.78 is 11.5. The van der Waals surface area contributed by atoms with Crippen LogP contribution in [-0.4, -0.2) is 43.7 Å². The molecule has 2 aromatic rings. The molecule has 0 bridgehead atoms. The summed E-state index contributed by atoms with van der Waals surface area (Å²) in [4.78, 5) is 14.4. The van der Waals surface area contributed by atoms with Crippen molar-refractivity contribution in [3.63, 3.8) is 0 Å². The number of morpholine rings is 1. The Labute approximate surface area is 148 Å². The molecule has 1 aliphatic rings. The van der Waals surface area contributed by atoms with Crippen molar-refractivity contribution in [2.45, 2.75) is 19.3 Å². The maximum Gasteiger partial charge on any atom is 0.250 e. The van der Waals surface area contributed by atoms with Crippen LogP contribution < -0.4 is 10.1 Å². The maximum absolute atomic E-state index is 12.3. The molecule has 132 valence electrons. The summed E-state index contributed by atoms with van der Waals surface area (Å²) in [6, 6.07) is 17.8. The molecule has 1 saturated heterocycles. The molecule has 1 fully saturated rings. The highest BCUT2D eigenvalue weighted by Crippen LogP contribution is 2.19. The number of hydrogen-bond donors (Lipinski definition) is 1. The van der Waals surface area contributed by atoms with Gasteiger partial charge in [0.25, 0.3) is 5.91 Å². The van der Waals surface area contributed by atoms with Crippen LogP contribution in [0.25, 0.3) is 0 Å². The fourth-order valence-electron chi connectivity index (χ4n) is 2.76. The minimum absolute atomic E-state index is 0.0792. The van der Waals surface area contributed by atoms with Gasteiger partial charge in [0.15, 0.2) is 0 Å². The molecule has 5 heteroatoms. The van der Waals surface area contributed by atoms with E-state index in [1.807, 2.05) is 61.6 Å². The van der Waals surface area contributed by atoms with Crippen LogP contribution >= 0.6 is 0 Å². The van der Waals surface area contributed by atoms with Crippen LogP contribution in [0.4, 0.5) is 0 Å². The zero-order chi connectivity index (χ0) is 17.5. The third-order valence-electron chi connectivity index (χ3n) is 4.22. The Hall–Kier alpha value is -2.37. The Morgan fingerprint density at radius 2 is 1.96 bits per heavy atom. The Kier molecular flexibility index (Phi) is 6.04. The average Bonchev–Trinajstić information content (AvgIpc) is 2.66. The predicted molar refractivity (Wildman–Crippen MR) is 96.3 cm³/mol. The van der Waals surface area contributed by atoms with Crippen LogP contribution in [0.1, 0.15) is 11.1 Å². The van der Waals surface area contributed by atoms with Crippen molar-refractivity contribution in [1.82, 2.24) is 10.2 Å². The molecular weight excluding hydrogens is 316 g/mol. The van der Waals surface area contributed by atoms with Gasteiger partial charge in [0.05, 0.1) is 6.61 Å². The van der Waals surface area contributed by atoms with Gasteiger partial charge in [-0.05, 0) is 18.7 Å². The van der Waals surface area contributed by atoms with E-state index in [-0.39, 0.29) is 5.91 Å². The predicted octanol–water partition coefficient (Wildman–Crippen LogP) is 2.21. The normalized spacial score (nSPS) is 17.9. The number of ether oxygens (including phenoxy) is 2. The van der Waals surface area contributed by atoms with Crippen LogP contribution in [0.2, 0.25) is 0 Å². The van der Waals surface area contributed by atoms with Crippen molar-refractivity contribution in [3.8, 4) is 5.75 Å². The van der Waals surface area contributed by atoms with Gasteiger partial charge in [0.2, 0.25) is 0 Å². The van der Waals surface area contributed by atoms with E-state index < -0.39 is 6.10 Å². The zero-order valence-corrected chi connectivity index (χ0v) is 14.5. The first-order valence-electron chi connectivity index (χ1n) is 8.55. The van der Waals surface area contributed by atoms with Gasteiger partial charge < -0.3 is 19.7 Å². The standard InChI is InChI=1S/C20H24N2O3/c1-22-11-12-24-19(14-22)20(23)21-13-17-9-5-6-10-18(17)25-15-16-7-3-2-4-8-16/h2-10,19H,11-15H2,1H3,(H,21,23)/t19-/m1/s1. The van der Waals surface area contributed by atoms with Crippen molar-refractivity contribution in [2.24, 2.45) is 0 Å². The maximum atomic E-state index is 12.3. The van der Waals surface area contributed by atoms with Crippen LogP contribution in [-0.2, 0) is 22.7 Å². The van der Waals surface area contributed by atoms with Gasteiger partial charge in [-0.1, -0.05) is 48.5 Å². The number of carbonyl (C=O) groups is 1. The second-order valence-electron chi connectivity index (χ2n) is 6.22. The number of carbonyl (C=O) groups excluding carboxylic acids is 1. The number of amides is 1. The van der Waals surface area contributed by atoms with Crippen molar-refractivity contribution in [3.05, 3.63) is 65.7 Å². The van der Waals surface area contributed by atoms with Gasteiger partial charge in [0.1, 0.15) is 18.5 Å². The SMILES string of the molecule is CN1CCO[C@@H](C(=O)NCc2ccccc2OCc2ccccc2)C1. The molecule has 0 unspecified atom stereocenters. The lowest BCUT2D eigenvalue weighted by atomic mass is 10.2. The molecule has 0 radical (unpaired) electrons. The molecule has 1 aliphatic heterocycles. The fourth-order valence-corrected chi connectivity index (χ4v) is 2.76. The number of benzene rings is 2. The minimum atomic E-state index is -0.406. The summed E-state index contributed by atoms with van der Waals surface area (Å²) in [5.41, 5.74) is 2.07. The average molecular weight is 340 g/mol. The van der Waals surface area contributed by atoms with Gasteiger partial charge in [-0.3, -0.25) is 4.79 Å². The summed E-state index contributed by atoms with van der Waals surface area (Å²) in [6.45, 7) is 3.00. The van der Waals surface area contributed by atoms with E-state index in [0.717, 1.165) is 23.4 Å². The van der Waals surface area contributed by atoms with Crippen molar-refractivity contribution < 1.29 is 14.3 Å². The third-order valence-corrected chi connectivity index (χ3v) is 4.22. The molecule has 0 saturated carbocycles. The van der Waals surface area contributed by atoms with Crippen molar-refractivity contribution in [1.29, 1.82) is 0 Å². The van der Waals surface area contributed by atoms with Gasteiger partial charge in [-0.2, -0.15) is 0 Å². The van der Waals surface area contributed by atoms with Crippen molar-refractivity contribution >= 4 is 5.91 Å². The van der Waals surface area contributed by atoms with Crippen LogP contribution in [0.15, 0.2) is 54.6 Å². The topological polar surface area (TPSA) is 50.8 Å². The number of nitrogens with zero attached hydrogens (tertiary/aromatic N) is 1. The summed E-state index contributed by atoms with van der Waals surface area (Å²) >= 11 is 0. The highest BCUT2D eigenvalue weighted by Gasteiger charge is 2.24. The first kappa shape index (κ1) is 17.5. The molecule has 0 spiro atoms. The number of para-hydroxylation sites is 1. The summed E-state index contributed by atoms with van der Waals surface area (Å²) in [7, 11) is 2.00. The number of hydrogen-bond acceptors (Lipinski definition) is 4. The zero-order valence-electron chi connectivity index (χ0n) is 14.5. The Balaban J connectivity index is 1.56. The minimum Gasteiger partial charge on any atom is -0.489 e. The lowest BCUT2D eigenvalue weighted by Crippen LogP contribution is -2.48. The van der Waals surface area contributed by atoms with E-state index in [1.165, 1.54) is 0 Å². The molecular formula is C20H24N2O3. The van der Waals surface area contributed by atoms with Crippen molar-refractivity contribution in [2.75, 3.05) is 26.7 Å².